The summed E-state index contributed by atoms with van der Waals surface area (Å²) in [4.78, 5) is 15.3. The van der Waals surface area contributed by atoms with Crippen molar-refractivity contribution in [3.63, 3.8) is 0 Å². The lowest BCUT2D eigenvalue weighted by Crippen LogP contribution is -2.46. The van der Waals surface area contributed by atoms with Crippen LogP contribution in [0.5, 0.6) is 0 Å². The van der Waals surface area contributed by atoms with Crippen LogP contribution in [0.25, 0.3) is 0 Å². The molecule has 0 aromatic heterocycles. The number of nitrogens with zero attached hydrogens (tertiary/aromatic N) is 2. The first kappa shape index (κ1) is 23.7. The monoisotopic (exact) mass is 471 g/mol. The van der Waals surface area contributed by atoms with Crippen molar-refractivity contribution in [2.45, 2.75) is 43.4 Å². The molecule has 2 saturated heterocycles. The van der Waals surface area contributed by atoms with Crippen LogP contribution >= 0.6 is 0 Å². The molecule has 8 heteroatoms. The third kappa shape index (κ3) is 4.27. The second-order valence-electron chi connectivity index (χ2n) is 8.94. The molecule has 0 bridgehead atoms. The number of anilines is 1. The number of carbonyl (C=O) groups is 1. The van der Waals surface area contributed by atoms with Crippen molar-refractivity contribution in [1.82, 2.24) is 9.62 Å². The molecule has 7 nitrogen and oxygen atoms in total. The molecule has 2 heterocycles. The maximum Gasteiger partial charge on any atom is 0.318 e. The van der Waals surface area contributed by atoms with Gasteiger partial charge in [-0.3, -0.25) is 4.79 Å². The zero-order valence-electron chi connectivity index (χ0n) is 19.4. The minimum absolute atomic E-state index is 0.213. The van der Waals surface area contributed by atoms with Crippen molar-refractivity contribution in [2.24, 2.45) is 0 Å². The molecule has 4 rings (SSSR count). The van der Waals surface area contributed by atoms with Crippen LogP contribution in [0.15, 0.2) is 47.4 Å². The first-order chi connectivity index (χ1) is 15.8. The summed E-state index contributed by atoms with van der Waals surface area (Å²) < 4.78 is 27.7. The minimum atomic E-state index is -3.61. The van der Waals surface area contributed by atoms with Gasteiger partial charge in [-0.15, -0.1) is 0 Å². The van der Waals surface area contributed by atoms with Crippen LogP contribution in [0.4, 0.5) is 5.69 Å². The molecule has 0 radical (unpaired) electrons. The van der Waals surface area contributed by atoms with Crippen molar-refractivity contribution in [1.29, 1.82) is 0 Å². The molecule has 2 aliphatic rings. The van der Waals surface area contributed by atoms with E-state index in [2.05, 4.69) is 10.2 Å². The predicted octanol–water partition coefficient (Wildman–Crippen LogP) is 2.97. The van der Waals surface area contributed by atoms with E-state index in [9.17, 15) is 18.3 Å². The van der Waals surface area contributed by atoms with E-state index in [0.29, 0.717) is 49.3 Å². The fraction of sp³-hybridized carbons (Fsp3) is 0.480. The van der Waals surface area contributed by atoms with Gasteiger partial charge in [-0.1, -0.05) is 25.1 Å². The Hall–Kier alpha value is -2.42. The van der Waals surface area contributed by atoms with Crippen LogP contribution in [-0.4, -0.2) is 63.1 Å². The van der Waals surface area contributed by atoms with E-state index in [0.717, 1.165) is 18.8 Å². The van der Waals surface area contributed by atoms with E-state index in [1.807, 2.05) is 31.2 Å². The number of sulfonamides is 1. The Morgan fingerprint density at radius 3 is 2.21 bits per heavy atom. The van der Waals surface area contributed by atoms with Gasteiger partial charge in [0.1, 0.15) is 5.41 Å². The largest absolute Gasteiger partial charge is 0.480 e. The third-order valence-corrected chi connectivity index (χ3v) is 8.99. The van der Waals surface area contributed by atoms with Crippen LogP contribution in [0.1, 0.15) is 42.9 Å². The van der Waals surface area contributed by atoms with Gasteiger partial charge in [0, 0.05) is 45.0 Å². The van der Waals surface area contributed by atoms with Gasteiger partial charge in [0.25, 0.3) is 0 Å². The zero-order chi connectivity index (χ0) is 23.6. The summed E-state index contributed by atoms with van der Waals surface area (Å²) in [5.74, 6) is -0.931. The molecule has 0 amide bonds. The second-order valence-corrected chi connectivity index (χ2v) is 10.9. The number of carboxylic acid groups (broad SMARTS) is 1. The van der Waals surface area contributed by atoms with Crippen LogP contribution in [-0.2, 0) is 20.2 Å². The summed E-state index contributed by atoms with van der Waals surface area (Å²) >= 11 is 0. The normalized spacial score (nSPS) is 19.4. The van der Waals surface area contributed by atoms with Crippen LogP contribution < -0.4 is 10.2 Å². The van der Waals surface area contributed by atoms with Crippen molar-refractivity contribution in [2.75, 3.05) is 44.2 Å². The highest BCUT2D eigenvalue weighted by molar-refractivity contribution is 7.89. The molecule has 0 unspecified atom stereocenters. The Kier molecular flexibility index (Phi) is 6.79. The molecule has 0 aliphatic carbocycles. The maximum atomic E-state index is 13.1. The van der Waals surface area contributed by atoms with Crippen LogP contribution in [0, 0.1) is 6.92 Å². The first-order valence-electron chi connectivity index (χ1n) is 11.7. The summed E-state index contributed by atoms with van der Waals surface area (Å²) in [6.45, 7) is 7.84. The summed E-state index contributed by atoms with van der Waals surface area (Å²) in [6.07, 6.45) is 2.71. The standard InChI is InChI=1S/C25H33N3O4S/c1-3-25(24(29)30,20-6-8-21(9-7-20)27-14-4-5-15-27)23-11-10-22(18-19(23)2)33(31,32)28-16-12-26-13-17-28/h6-11,18,26H,3-5,12-17H2,1-2H3,(H,29,30)/t25-/m1/s1. The van der Waals surface area contributed by atoms with Gasteiger partial charge < -0.3 is 15.3 Å². The molecular formula is C25H33N3O4S. The van der Waals surface area contributed by atoms with E-state index in [1.165, 1.54) is 17.1 Å². The van der Waals surface area contributed by atoms with E-state index >= 15 is 0 Å². The highest BCUT2D eigenvalue weighted by Gasteiger charge is 2.42. The Balaban J connectivity index is 1.72. The number of carboxylic acids is 1. The highest BCUT2D eigenvalue weighted by Crippen LogP contribution is 2.39. The summed E-state index contributed by atoms with van der Waals surface area (Å²) in [5.41, 5.74) is 1.87. The highest BCUT2D eigenvalue weighted by atomic mass is 32.2. The number of nitrogens with one attached hydrogen (secondary N) is 1. The molecule has 1 atom stereocenters. The lowest BCUT2D eigenvalue weighted by Gasteiger charge is -2.32. The molecule has 2 fully saturated rings. The molecule has 2 aromatic rings. The first-order valence-corrected chi connectivity index (χ1v) is 13.2. The Labute approximate surface area is 196 Å². The summed E-state index contributed by atoms with van der Waals surface area (Å²) in [5, 5.41) is 13.6. The number of hydrogen-bond donors (Lipinski definition) is 2. The zero-order valence-corrected chi connectivity index (χ0v) is 20.2. The Morgan fingerprint density at radius 2 is 1.67 bits per heavy atom. The lowest BCUT2D eigenvalue weighted by atomic mass is 9.71. The van der Waals surface area contributed by atoms with E-state index in [4.69, 9.17) is 0 Å². The molecule has 2 N–H and O–H groups in total. The molecule has 2 aliphatic heterocycles. The van der Waals surface area contributed by atoms with Gasteiger partial charge in [0.05, 0.1) is 4.90 Å². The van der Waals surface area contributed by atoms with Gasteiger partial charge in [0.2, 0.25) is 10.0 Å². The average Bonchev–Trinajstić information content (AvgIpc) is 3.36. The smallest absolute Gasteiger partial charge is 0.318 e. The number of aryl methyl sites for hydroxylation is 1. The van der Waals surface area contributed by atoms with Gasteiger partial charge in [0.15, 0.2) is 0 Å². The molecule has 0 spiro atoms. The Morgan fingerprint density at radius 1 is 1.03 bits per heavy atom. The molecular weight excluding hydrogens is 438 g/mol. The maximum absolute atomic E-state index is 13.1. The summed E-state index contributed by atoms with van der Waals surface area (Å²) in [7, 11) is -3.61. The Bertz CT molecular complexity index is 1100. The van der Waals surface area contributed by atoms with Gasteiger partial charge in [-0.25, -0.2) is 8.42 Å². The molecule has 0 saturated carbocycles. The number of benzene rings is 2. The SMILES string of the molecule is CC[C@@](C(=O)O)(c1ccc(N2CCCC2)cc1)c1ccc(S(=O)(=O)N2CCNCC2)cc1C. The number of rotatable bonds is 7. The quantitative estimate of drug-likeness (QED) is 0.645. The van der Waals surface area contributed by atoms with Gasteiger partial charge >= 0.3 is 5.97 Å². The molecule has 33 heavy (non-hydrogen) atoms. The topological polar surface area (TPSA) is 90.0 Å². The third-order valence-electron chi connectivity index (χ3n) is 7.10. The van der Waals surface area contributed by atoms with Gasteiger partial charge in [-0.2, -0.15) is 4.31 Å². The molecule has 2 aromatic carbocycles. The fourth-order valence-electron chi connectivity index (χ4n) is 5.18. The summed E-state index contributed by atoms with van der Waals surface area (Å²) in [6, 6.07) is 12.7. The lowest BCUT2D eigenvalue weighted by molar-refractivity contribution is -0.142. The second kappa shape index (κ2) is 9.44. The number of hydrogen-bond acceptors (Lipinski definition) is 5. The van der Waals surface area contributed by atoms with E-state index < -0.39 is 21.4 Å². The number of aliphatic carboxylic acids is 1. The average molecular weight is 472 g/mol. The molecule has 178 valence electrons. The van der Waals surface area contributed by atoms with Crippen LogP contribution in [0.3, 0.4) is 0 Å². The minimum Gasteiger partial charge on any atom is -0.480 e. The van der Waals surface area contributed by atoms with Crippen molar-refractivity contribution in [3.8, 4) is 0 Å². The van der Waals surface area contributed by atoms with Crippen LogP contribution in [0.2, 0.25) is 0 Å². The predicted molar refractivity (Wildman–Crippen MR) is 129 cm³/mol. The van der Waals surface area contributed by atoms with E-state index in [-0.39, 0.29) is 4.90 Å². The fourth-order valence-corrected chi connectivity index (χ4v) is 6.71. The van der Waals surface area contributed by atoms with Crippen molar-refractivity contribution in [3.05, 3.63) is 59.2 Å². The number of piperazine rings is 1. The van der Waals surface area contributed by atoms with Crippen molar-refractivity contribution < 1.29 is 18.3 Å². The van der Waals surface area contributed by atoms with Gasteiger partial charge in [-0.05, 0) is 67.1 Å². The van der Waals surface area contributed by atoms with Crippen molar-refractivity contribution >= 4 is 21.7 Å². The van der Waals surface area contributed by atoms with E-state index in [1.54, 1.807) is 25.1 Å².